The van der Waals surface area contributed by atoms with E-state index in [1.807, 2.05) is 32.0 Å². The van der Waals surface area contributed by atoms with E-state index >= 15 is 0 Å². The second-order valence-corrected chi connectivity index (χ2v) is 4.03. The third-order valence-corrected chi connectivity index (χ3v) is 2.50. The lowest BCUT2D eigenvalue weighted by Crippen LogP contribution is -2.37. The molecule has 0 aliphatic heterocycles. The molecule has 1 rings (SSSR count). The molecule has 0 heterocycles. The minimum atomic E-state index is -0.993. The smallest absolute Gasteiger partial charge is 0.309 e. The number of primary amides is 1. The summed E-state index contributed by atoms with van der Waals surface area (Å²) >= 11 is 0. The van der Waals surface area contributed by atoms with Gasteiger partial charge >= 0.3 is 11.8 Å². The molecule has 98 valence electrons. The standard InChI is InChI=1S/C13H18N2O3/c1-4-18-11-6-5-8(2)7-10(11)9(3)15-13(17)12(14)16/h5-7,9H,4H2,1-3H3,(H2,14,16)(H,15,17). The molecule has 5 nitrogen and oxygen atoms in total. The molecule has 0 saturated heterocycles. The zero-order valence-electron chi connectivity index (χ0n) is 10.8. The first-order valence-electron chi connectivity index (χ1n) is 5.79. The lowest BCUT2D eigenvalue weighted by Gasteiger charge is -2.18. The fourth-order valence-corrected chi connectivity index (χ4v) is 1.64. The van der Waals surface area contributed by atoms with E-state index in [0.29, 0.717) is 12.4 Å². The van der Waals surface area contributed by atoms with Crippen molar-refractivity contribution in [3.05, 3.63) is 29.3 Å². The van der Waals surface area contributed by atoms with Gasteiger partial charge in [0.2, 0.25) is 0 Å². The highest BCUT2D eigenvalue weighted by atomic mass is 16.5. The van der Waals surface area contributed by atoms with Crippen molar-refractivity contribution in [1.29, 1.82) is 0 Å². The van der Waals surface area contributed by atoms with Crippen molar-refractivity contribution in [2.24, 2.45) is 5.73 Å². The highest BCUT2D eigenvalue weighted by Gasteiger charge is 2.17. The minimum absolute atomic E-state index is 0.341. The Hall–Kier alpha value is -2.04. The molecule has 3 N–H and O–H groups in total. The van der Waals surface area contributed by atoms with Crippen LogP contribution in [0.15, 0.2) is 18.2 Å². The Labute approximate surface area is 106 Å². The molecule has 5 heteroatoms. The highest BCUT2D eigenvalue weighted by Crippen LogP contribution is 2.26. The molecule has 1 unspecified atom stereocenters. The molecule has 0 saturated carbocycles. The van der Waals surface area contributed by atoms with Crippen molar-refractivity contribution in [3.63, 3.8) is 0 Å². The summed E-state index contributed by atoms with van der Waals surface area (Å²) < 4.78 is 5.49. The third-order valence-electron chi connectivity index (χ3n) is 2.50. The first kappa shape index (κ1) is 14.0. The van der Waals surface area contributed by atoms with E-state index in [4.69, 9.17) is 10.5 Å². The predicted octanol–water partition coefficient (Wildman–Crippen LogP) is 1.06. The van der Waals surface area contributed by atoms with Gasteiger partial charge in [-0.25, -0.2) is 0 Å². The van der Waals surface area contributed by atoms with Gasteiger partial charge in [-0.1, -0.05) is 17.7 Å². The fraction of sp³-hybridized carbons (Fsp3) is 0.385. The third kappa shape index (κ3) is 3.48. The van der Waals surface area contributed by atoms with E-state index in [2.05, 4.69) is 5.32 Å². The van der Waals surface area contributed by atoms with Crippen LogP contribution in [0.3, 0.4) is 0 Å². The minimum Gasteiger partial charge on any atom is -0.494 e. The van der Waals surface area contributed by atoms with Gasteiger partial charge in [-0.2, -0.15) is 0 Å². The summed E-state index contributed by atoms with van der Waals surface area (Å²) in [4.78, 5) is 22.0. The number of hydrogen-bond donors (Lipinski definition) is 2. The summed E-state index contributed by atoms with van der Waals surface area (Å²) in [6.45, 7) is 6.14. The predicted molar refractivity (Wildman–Crippen MR) is 68.1 cm³/mol. The molecule has 2 amide bonds. The summed E-state index contributed by atoms with van der Waals surface area (Å²) in [5.74, 6) is -1.10. The number of hydrogen-bond acceptors (Lipinski definition) is 3. The molecular weight excluding hydrogens is 232 g/mol. The molecule has 0 fully saturated rings. The Morgan fingerprint density at radius 3 is 2.67 bits per heavy atom. The zero-order valence-corrected chi connectivity index (χ0v) is 10.8. The highest BCUT2D eigenvalue weighted by molar-refractivity contribution is 6.34. The fourth-order valence-electron chi connectivity index (χ4n) is 1.64. The van der Waals surface area contributed by atoms with Crippen molar-refractivity contribution in [2.75, 3.05) is 6.61 Å². The Bertz CT molecular complexity index is 458. The number of benzene rings is 1. The first-order valence-corrected chi connectivity index (χ1v) is 5.79. The maximum Gasteiger partial charge on any atom is 0.309 e. The number of ether oxygens (including phenoxy) is 1. The molecule has 1 aromatic rings. The van der Waals surface area contributed by atoms with Gasteiger partial charge in [0, 0.05) is 5.56 Å². The van der Waals surface area contributed by atoms with E-state index < -0.39 is 11.8 Å². The monoisotopic (exact) mass is 250 g/mol. The van der Waals surface area contributed by atoms with Crippen molar-refractivity contribution in [3.8, 4) is 5.75 Å². The summed E-state index contributed by atoms with van der Waals surface area (Å²) in [6.07, 6.45) is 0. The van der Waals surface area contributed by atoms with E-state index in [1.165, 1.54) is 0 Å². The van der Waals surface area contributed by atoms with Crippen LogP contribution in [-0.2, 0) is 9.59 Å². The van der Waals surface area contributed by atoms with Gasteiger partial charge < -0.3 is 15.8 Å². The molecular formula is C13H18N2O3. The zero-order chi connectivity index (χ0) is 13.7. The van der Waals surface area contributed by atoms with Crippen LogP contribution >= 0.6 is 0 Å². The first-order chi connectivity index (χ1) is 8.45. The molecule has 18 heavy (non-hydrogen) atoms. The maximum absolute atomic E-state index is 11.3. The second kappa shape index (κ2) is 6.05. The molecule has 0 radical (unpaired) electrons. The summed E-state index contributed by atoms with van der Waals surface area (Å²) in [6, 6.07) is 5.35. The van der Waals surface area contributed by atoms with Gasteiger partial charge in [0.05, 0.1) is 12.6 Å². The quantitative estimate of drug-likeness (QED) is 0.784. The summed E-state index contributed by atoms with van der Waals surface area (Å²) in [5, 5.41) is 2.53. The van der Waals surface area contributed by atoms with E-state index in [9.17, 15) is 9.59 Å². The number of aryl methyl sites for hydroxylation is 1. The number of carbonyl (C=O) groups is 2. The van der Waals surface area contributed by atoms with Crippen LogP contribution in [0, 0.1) is 6.92 Å². The van der Waals surface area contributed by atoms with Crippen molar-refractivity contribution in [2.45, 2.75) is 26.8 Å². The average molecular weight is 250 g/mol. The van der Waals surface area contributed by atoms with Gasteiger partial charge in [0.15, 0.2) is 0 Å². The lowest BCUT2D eigenvalue weighted by atomic mass is 10.0. The number of rotatable bonds is 4. The molecule has 1 atom stereocenters. The van der Waals surface area contributed by atoms with Crippen LogP contribution in [-0.4, -0.2) is 18.4 Å². The van der Waals surface area contributed by atoms with E-state index in [0.717, 1.165) is 11.1 Å². The molecule has 0 aliphatic rings. The topological polar surface area (TPSA) is 81.4 Å². The normalized spacial score (nSPS) is 11.7. The van der Waals surface area contributed by atoms with Crippen LogP contribution in [0.5, 0.6) is 5.75 Å². The van der Waals surface area contributed by atoms with E-state index in [-0.39, 0.29) is 6.04 Å². The Morgan fingerprint density at radius 1 is 1.44 bits per heavy atom. The van der Waals surface area contributed by atoms with Gasteiger partial charge in [0.25, 0.3) is 0 Å². The molecule has 0 spiro atoms. The number of nitrogens with one attached hydrogen (secondary N) is 1. The Balaban J connectivity index is 2.95. The number of carbonyl (C=O) groups excluding carboxylic acids is 2. The molecule has 0 aromatic heterocycles. The van der Waals surface area contributed by atoms with Crippen molar-refractivity contribution >= 4 is 11.8 Å². The van der Waals surface area contributed by atoms with Crippen molar-refractivity contribution < 1.29 is 14.3 Å². The van der Waals surface area contributed by atoms with Crippen LogP contribution in [0.2, 0.25) is 0 Å². The van der Waals surface area contributed by atoms with E-state index in [1.54, 1.807) is 6.92 Å². The van der Waals surface area contributed by atoms with Gasteiger partial charge in [0.1, 0.15) is 5.75 Å². The average Bonchev–Trinajstić information content (AvgIpc) is 2.31. The van der Waals surface area contributed by atoms with Gasteiger partial charge in [-0.05, 0) is 26.8 Å². The lowest BCUT2D eigenvalue weighted by molar-refractivity contribution is -0.137. The molecule has 0 bridgehead atoms. The van der Waals surface area contributed by atoms with Crippen LogP contribution in [0.4, 0.5) is 0 Å². The molecule has 1 aromatic carbocycles. The second-order valence-electron chi connectivity index (χ2n) is 4.03. The maximum atomic E-state index is 11.3. The van der Waals surface area contributed by atoms with Crippen LogP contribution < -0.4 is 15.8 Å². The largest absolute Gasteiger partial charge is 0.494 e. The summed E-state index contributed by atoms with van der Waals surface area (Å²) in [5.41, 5.74) is 6.78. The van der Waals surface area contributed by atoms with Crippen molar-refractivity contribution in [1.82, 2.24) is 5.32 Å². The van der Waals surface area contributed by atoms with Gasteiger partial charge in [-0.3, -0.25) is 9.59 Å². The molecule has 0 aliphatic carbocycles. The van der Waals surface area contributed by atoms with Crippen LogP contribution in [0.1, 0.15) is 31.0 Å². The summed E-state index contributed by atoms with van der Waals surface area (Å²) in [7, 11) is 0. The Kier molecular flexibility index (Phi) is 4.71. The number of amides is 2. The SMILES string of the molecule is CCOc1ccc(C)cc1C(C)NC(=O)C(N)=O. The Morgan fingerprint density at radius 2 is 2.11 bits per heavy atom. The van der Waals surface area contributed by atoms with Crippen LogP contribution in [0.25, 0.3) is 0 Å². The number of nitrogens with two attached hydrogens (primary N) is 1. The van der Waals surface area contributed by atoms with Gasteiger partial charge in [-0.15, -0.1) is 0 Å².